The predicted molar refractivity (Wildman–Crippen MR) is 85.8 cm³/mol. The fourth-order valence-electron chi connectivity index (χ4n) is 2.79. The van der Waals surface area contributed by atoms with Gasteiger partial charge in [0.1, 0.15) is 0 Å². The lowest BCUT2D eigenvalue weighted by Gasteiger charge is -2.18. The number of hydrogen-bond donors (Lipinski definition) is 1. The minimum Gasteiger partial charge on any atom is -0.378 e. The number of nitrogens with one attached hydrogen (secondary N) is 1. The Bertz CT molecular complexity index is 399. The minimum atomic E-state index is 0.411. The van der Waals surface area contributed by atoms with Crippen LogP contribution in [0.4, 0.5) is 0 Å². The summed E-state index contributed by atoms with van der Waals surface area (Å²) in [5.41, 5.74) is 1.05. The Balaban J connectivity index is 1.82. The molecule has 1 fully saturated rings. The monoisotopic (exact) mass is 315 g/mol. The molecule has 2 nitrogen and oxygen atoms in total. The van der Waals surface area contributed by atoms with Crippen LogP contribution in [0, 0.1) is 0 Å². The summed E-state index contributed by atoms with van der Waals surface area (Å²) in [5, 5.41) is 4.89. The van der Waals surface area contributed by atoms with Crippen LogP contribution in [0.15, 0.2) is 18.2 Å². The average molecular weight is 316 g/mol. The highest BCUT2D eigenvalue weighted by molar-refractivity contribution is 6.35. The Kier molecular flexibility index (Phi) is 6.63. The number of likely N-dealkylation sites (N-methyl/N-ethyl adjacent to an activating group) is 1. The molecule has 1 heterocycles. The highest BCUT2D eigenvalue weighted by Crippen LogP contribution is 2.26. The SMILES string of the molecule is CNC(CCCC1CCCO1)Cc1c(Cl)cccc1Cl. The van der Waals surface area contributed by atoms with Crippen molar-refractivity contribution < 1.29 is 4.74 Å². The molecule has 112 valence electrons. The van der Waals surface area contributed by atoms with E-state index < -0.39 is 0 Å². The van der Waals surface area contributed by atoms with E-state index >= 15 is 0 Å². The van der Waals surface area contributed by atoms with Gasteiger partial charge in [-0.15, -0.1) is 0 Å². The molecule has 0 aromatic heterocycles. The van der Waals surface area contributed by atoms with Crippen molar-refractivity contribution in [2.24, 2.45) is 0 Å². The first-order valence-corrected chi connectivity index (χ1v) is 8.18. The van der Waals surface area contributed by atoms with Crippen molar-refractivity contribution in [1.82, 2.24) is 5.32 Å². The summed E-state index contributed by atoms with van der Waals surface area (Å²) in [4.78, 5) is 0. The van der Waals surface area contributed by atoms with E-state index in [1.807, 2.05) is 25.2 Å². The van der Waals surface area contributed by atoms with Crippen LogP contribution in [0.3, 0.4) is 0 Å². The molecule has 1 aliphatic rings. The maximum Gasteiger partial charge on any atom is 0.0576 e. The molecule has 1 aromatic rings. The van der Waals surface area contributed by atoms with Gasteiger partial charge in [0.15, 0.2) is 0 Å². The zero-order chi connectivity index (χ0) is 14.4. The van der Waals surface area contributed by atoms with E-state index in [4.69, 9.17) is 27.9 Å². The van der Waals surface area contributed by atoms with E-state index in [2.05, 4.69) is 5.32 Å². The number of rotatable bonds is 7. The topological polar surface area (TPSA) is 21.3 Å². The molecule has 20 heavy (non-hydrogen) atoms. The summed E-state index contributed by atoms with van der Waals surface area (Å²) < 4.78 is 5.66. The third-order valence-electron chi connectivity index (χ3n) is 4.02. The first-order chi connectivity index (χ1) is 9.70. The molecule has 1 aromatic carbocycles. The molecule has 0 aliphatic carbocycles. The molecule has 4 heteroatoms. The number of halogens is 2. The summed E-state index contributed by atoms with van der Waals surface area (Å²) in [7, 11) is 2.00. The fourth-order valence-corrected chi connectivity index (χ4v) is 3.34. The Morgan fingerprint density at radius 1 is 1.35 bits per heavy atom. The van der Waals surface area contributed by atoms with Gasteiger partial charge in [0.25, 0.3) is 0 Å². The molecule has 1 aliphatic heterocycles. The summed E-state index contributed by atoms with van der Waals surface area (Å²) in [6.45, 7) is 0.940. The van der Waals surface area contributed by atoms with E-state index in [0.29, 0.717) is 12.1 Å². The molecule has 2 rings (SSSR count). The lowest BCUT2D eigenvalue weighted by Crippen LogP contribution is -2.28. The van der Waals surface area contributed by atoms with Crippen molar-refractivity contribution in [2.75, 3.05) is 13.7 Å². The van der Waals surface area contributed by atoms with Crippen LogP contribution in [0.2, 0.25) is 10.0 Å². The van der Waals surface area contributed by atoms with Gasteiger partial charge in [-0.2, -0.15) is 0 Å². The van der Waals surface area contributed by atoms with Crippen LogP contribution in [0.25, 0.3) is 0 Å². The van der Waals surface area contributed by atoms with E-state index in [-0.39, 0.29) is 0 Å². The van der Waals surface area contributed by atoms with Crippen LogP contribution in [0.1, 0.15) is 37.7 Å². The first-order valence-electron chi connectivity index (χ1n) is 7.42. The van der Waals surface area contributed by atoms with Crippen molar-refractivity contribution in [3.8, 4) is 0 Å². The standard InChI is InChI=1S/C16H23Cl2NO/c1-19-12(5-2-6-13-7-4-10-20-13)11-14-15(17)8-3-9-16(14)18/h3,8-9,12-13,19H,2,4-7,10-11H2,1H3. The van der Waals surface area contributed by atoms with Gasteiger partial charge >= 0.3 is 0 Å². The average Bonchev–Trinajstić information content (AvgIpc) is 2.94. The Morgan fingerprint density at radius 3 is 2.70 bits per heavy atom. The van der Waals surface area contributed by atoms with Crippen molar-refractivity contribution >= 4 is 23.2 Å². The van der Waals surface area contributed by atoms with Crippen LogP contribution in [-0.4, -0.2) is 25.8 Å². The third-order valence-corrected chi connectivity index (χ3v) is 4.73. The van der Waals surface area contributed by atoms with Crippen molar-refractivity contribution in [3.05, 3.63) is 33.8 Å². The molecule has 2 unspecified atom stereocenters. The van der Waals surface area contributed by atoms with Crippen LogP contribution in [-0.2, 0) is 11.2 Å². The highest BCUT2D eigenvalue weighted by Gasteiger charge is 2.17. The molecule has 1 saturated heterocycles. The van der Waals surface area contributed by atoms with Crippen LogP contribution >= 0.6 is 23.2 Å². The summed E-state index contributed by atoms with van der Waals surface area (Å²) in [5.74, 6) is 0. The van der Waals surface area contributed by atoms with E-state index in [1.54, 1.807) is 0 Å². The van der Waals surface area contributed by atoms with Crippen molar-refractivity contribution in [3.63, 3.8) is 0 Å². The van der Waals surface area contributed by atoms with Crippen LogP contribution in [0.5, 0.6) is 0 Å². The van der Waals surface area contributed by atoms with Gasteiger partial charge in [-0.25, -0.2) is 0 Å². The number of ether oxygens (including phenoxy) is 1. The second-order valence-electron chi connectivity index (χ2n) is 5.46. The van der Waals surface area contributed by atoms with E-state index in [0.717, 1.165) is 41.5 Å². The third kappa shape index (κ3) is 4.63. The van der Waals surface area contributed by atoms with Crippen LogP contribution < -0.4 is 5.32 Å². The maximum absolute atomic E-state index is 6.24. The molecular weight excluding hydrogens is 293 g/mol. The quantitative estimate of drug-likeness (QED) is 0.801. The molecule has 2 atom stereocenters. The Morgan fingerprint density at radius 2 is 2.10 bits per heavy atom. The zero-order valence-electron chi connectivity index (χ0n) is 12.0. The summed E-state index contributed by atoms with van der Waals surface area (Å²) in [6, 6.07) is 6.11. The van der Waals surface area contributed by atoms with Gasteiger partial charge in [0.2, 0.25) is 0 Å². The second-order valence-corrected chi connectivity index (χ2v) is 6.27. The normalized spacial score (nSPS) is 20.2. The highest BCUT2D eigenvalue weighted by atomic mass is 35.5. The number of benzene rings is 1. The lowest BCUT2D eigenvalue weighted by atomic mass is 9.99. The van der Waals surface area contributed by atoms with Gasteiger partial charge < -0.3 is 10.1 Å². The minimum absolute atomic E-state index is 0.411. The second kappa shape index (κ2) is 8.23. The zero-order valence-corrected chi connectivity index (χ0v) is 13.5. The predicted octanol–water partition coefficient (Wildman–Crippen LogP) is 4.47. The van der Waals surface area contributed by atoms with Gasteiger partial charge in [0.05, 0.1) is 6.10 Å². The number of hydrogen-bond acceptors (Lipinski definition) is 2. The largest absolute Gasteiger partial charge is 0.378 e. The molecule has 0 radical (unpaired) electrons. The molecule has 0 amide bonds. The summed E-state index contributed by atoms with van der Waals surface area (Å²) in [6.07, 6.45) is 7.26. The van der Waals surface area contributed by atoms with Gasteiger partial charge in [-0.1, -0.05) is 29.3 Å². The maximum atomic E-state index is 6.24. The Labute approximate surface area is 131 Å². The van der Waals surface area contributed by atoms with Gasteiger partial charge in [-0.3, -0.25) is 0 Å². The first kappa shape index (κ1) is 16.1. The Hall–Kier alpha value is -0.280. The van der Waals surface area contributed by atoms with E-state index in [1.165, 1.54) is 19.3 Å². The molecule has 0 spiro atoms. The van der Waals surface area contributed by atoms with Crippen molar-refractivity contribution in [2.45, 2.75) is 50.7 Å². The van der Waals surface area contributed by atoms with Gasteiger partial charge in [0, 0.05) is 22.7 Å². The lowest BCUT2D eigenvalue weighted by molar-refractivity contribution is 0.101. The molecule has 1 N–H and O–H groups in total. The molecule has 0 bridgehead atoms. The van der Waals surface area contributed by atoms with E-state index in [9.17, 15) is 0 Å². The molecular formula is C16H23Cl2NO. The smallest absolute Gasteiger partial charge is 0.0576 e. The van der Waals surface area contributed by atoms with Crippen molar-refractivity contribution in [1.29, 1.82) is 0 Å². The van der Waals surface area contributed by atoms with Gasteiger partial charge in [-0.05, 0) is 63.3 Å². The fraction of sp³-hybridized carbons (Fsp3) is 0.625. The molecule has 0 saturated carbocycles. The summed E-state index contributed by atoms with van der Waals surface area (Å²) >= 11 is 12.5.